The second kappa shape index (κ2) is 7.68. The summed E-state index contributed by atoms with van der Waals surface area (Å²) in [6.45, 7) is 10.0. The van der Waals surface area contributed by atoms with E-state index >= 15 is 0 Å². The van der Waals surface area contributed by atoms with Gasteiger partial charge in [-0.3, -0.25) is 4.79 Å². The van der Waals surface area contributed by atoms with Gasteiger partial charge in [0.05, 0.1) is 0 Å². The van der Waals surface area contributed by atoms with E-state index in [1.165, 1.54) is 0 Å². The van der Waals surface area contributed by atoms with Crippen LogP contribution in [0.3, 0.4) is 0 Å². The summed E-state index contributed by atoms with van der Waals surface area (Å²) in [5, 5.41) is 0. The van der Waals surface area contributed by atoms with E-state index in [1.807, 2.05) is 25.7 Å². The van der Waals surface area contributed by atoms with Crippen molar-refractivity contribution >= 4 is 12.0 Å². The summed E-state index contributed by atoms with van der Waals surface area (Å²) in [5.74, 6) is 2.81. The molecule has 2 rings (SSSR count). The normalized spacial score (nSPS) is 22.8. The van der Waals surface area contributed by atoms with Crippen LogP contribution in [0.1, 0.15) is 66.2 Å². The van der Waals surface area contributed by atoms with Crippen LogP contribution in [-0.2, 0) is 9.53 Å². The molecule has 2 heterocycles. The largest absolute Gasteiger partial charge is 0.444 e. The first kappa shape index (κ1) is 19.6. The van der Waals surface area contributed by atoms with E-state index in [9.17, 15) is 9.59 Å². The second-order valence-corrected chi connectivity index (χ2v) is 8.60. The number of ether oxygens (including phenoxy) is 1. The quantitative estimate of drug-likeness (QED) is 0.580. The molecule has 2 saturated heterocycles. The van der Waals surface area contributed by atoms with Crippen molar-refractivity contribution in [3.63, 3.8) is 0 Å². The molecule has 0 bridgehead atoms. The Balaban J connectivity index is 1.88. The number of hydrogen-bond acceptors (Lipinski definition) is 3. The molecule has 0 aromatic rings. The van der Waals surface area contributed by atoms with Gasteiger partial charge < -0.3 is 14.5 Å². The first-order valence-electron chi connectivity index (χ1n) is 9.37. The molecule has 2 aliphatic rings. The van der Waals surface area contributed by atoms with E-state index < -0.39 is 5.60 Å². The van der Waals surface area contributed by atoms with E-state index in [4.69, 9.17) is 11.2 Å². The van der Waals surface area contributed by atoms with Gasteiger partial charge >= 0.3 is 6.09 Å². The van der Waals surface area contributed by atoms with Crippen LogP contribution in [0.2, 0.25) is 0 Å². The summed E-state index contributed by atoms with van der Waals surface area (Å²) in [6.07, 6.45) is 9.89. The zero-order valence-electron chi connectivity index (χ0n) is 16.1. The van der Waals surface area contributed by atoms with Crippen LogP contribution in [0.15, 0.2) is 0 Å². The number of piperidine rings is 1. The number of hydrogen-bond donors (Lipinski definition) is 0. The second-order valence-electron chi connectivity index (χ2n) is 8.60. The lowest BCUT2D eigenvalue weighted by molar-refractivity contribution is -0.132. The predicted octanol–water partition coefficient (Wildman–Crippen LogP) is 3.43. The average molecular weight is 348 g/mol. The van der Waals surface area contributed by atoms with E-state index in [1.54, 1.807) is 4.90 Å². The van der Waals surface area contributed by atoms with Crippen LogP contribution >= 0.6 is 0 Å². The molecule has 1 atom stereocenters. The van der Waals surface area contributed by atoms with Crippen LogP contribution < -0.4 is 0 Å². The monoisotopic (exact) mass is 348 g/mol. The Kier molecular flexibility index (Phi) is 6.03. The molecule has 0 unspecified atom stereocenters. The zero-order chi connectivity index (χ0) is 18.7. The Hall–Kier alpha value is -1.70. The minimum atomic E-state index is -0.463. The maximum atomic E-state index is 12.5. The number of nitrogens with zero attached hydrogens (tertiary/aromatic N) is 2. The van der Waals surface area contributed by atoms with Crippen LogP contribution in [0, 0.1) is 17.8 Å². The third kappa shape index (κ3) is 5.14. The maximum absolute atomic E-state index is 12.5. The molecule has 0 radical (unpaired) electrons. The predicted molar refractivity (Wildman–Crippen MR) is 98.0 cm³/mol. The van der Waals surface area contributed by atoms with E-state index in [-0.39, 0.29) is 23.5 Å². The van der Waals surface area contributed by atoms with Crippen LogP contribution in [-0.4, -0.2) is 53.1 Å². The van der Waals surface area contributed by atoms with Gasteiger partial charge in [-0.1, -0.05) is 0 Å². The van der Waals surface area contributed by atoms with Gasteiger partial charge in [-0.25, -0.2) is 4.79 Å². The highest BCUT2D eigenvalue weighted by Crippen LogP contribution is 2.43. The van der Waals surface area contributed by atoms with E-state index in [0.29, 0.717) is 25.9 Å². The summed E-state index contributed by atoms with van der Waals surface area (Å²) >= 11 is 0. The molecule has 0 N–H and O–H groups in total. The first-order valence-corrected chi connectivity index (χ1v) is 9.37. The number of amides is 2. The lowest BCUT2D eigenvalue weighted by Crippen LogP contribution is -2.46. The standard InChI is InChI=1S/C20H32N2O3/c1-6-7-8-9-17(23)22-15-20(14-16(22)2)10-12-21(13-11-20)18(24)25-19(3,4)5/h1,16H,7-15H2,2-5H3/t16-/m0/s1. The average Bonchev–Trinajstić information content (AvgIpc) is 2.83. The third-order valence-corrected chi connectivity index (χ3v) is 5.27. The van der Waals surface area contributed by atoms with Crippen molar-refractivity contribution in [2.45, 2.75) is 77.9 Å². The summed E-state index contributed by atoms with van der Waals surface area (Å²) in [4.78, 5) is 28.5. The third-order valence-electron chi connectivity index (χ3n) is 5.27. The molecule has 25 heavy (non-hydrogen) atoms. The molecule has 0 saturated carbocycles. The molecular weight excluding hydrogens is 316 g/mol. The molecule has 2 amide bonds. The molecule has 0 aliphatic carbocycles. The summed E-state index contributed by atoms with van der Waals surface area (Å²) in [6, 6.07) is 0.270. The fourth-order valence-corrected chi connectivity index (χ4v) is 3.99. The van der Waals surface area contributed by atoms with E-state index in [0.717, 1.165) is 32.2 Å². The lowest BCUT2D eigenvalue weighted by atomic mass is 9.77. The van der Waals surface area contributed by atoms with Crippen molar-refractivity contribution in [3.05, 3.63) is 0 Å². The molecular formula is C20H32N2O3. The SMILES string of the molecule is C#CCCCC(=O)N1CC2(CCN(C(=O)OC(C)(C)C)CC2)C[C@@H]1C. The van der Waals surface area contributed by atoms with Gasteiger partial charge in [0.2, 0.25) is 5.91 Å². The van der Waals surface area contributed by atoms with Gasteiger partial charge in [0.25, 0.3) is 0 Å². The molecule has 2 aliphatic heterocycles. The highest BCUT2D eigenvalue weighted by molar-refractivity contribution is 5.77. The smallest absolute Gasteiger partial charge is 0.410 e. The Bertz CT molecular complexity index is 536. The van der Waals surface area contributed by atoms with Crippen molar-refractivity contribution in [3.8, 4) is 12.3 Å². The number of terminal acetylenes is 1. The minimum absolute atomic E-state index is 0.152. The number of likely N-dealkylation sites (tertiary alicyclic amines) is 2. The van der Waals surface area contributed by atoms with Gasteiger partial charge in [-0.15, -0.1) is 12.3 Å². The van der Waals surface area contributed by atoms with Crippen molar-refractivity contribution < 1.29 is 14.3 Å². The number of carbonyl (C=O) groups excluding carboxylic acids is 2. The first-order chi connectivity index (χ1) is 11.7. The van der Waals surface area contributed by atoms with Gasteiger partial charge in [0, 0.05) is 38.5 Å². The van der Waals surface area contributed by atoms with Crippen LogP contribution in [0.5, 0.6) is 0 Å². The Morgan fingerprint density at radius 3 is 2.48 bits per heavy atom. The van der Waals surface area contributed by atoms with Gasteiger partial charge in [0.1, 0.15) is 5.60 Å². The summed E-state index contributed by atoms with van der Waals surface area (Å²) in [5.41, 5.74) is -0.310. The lowest BCUT2D eigenvalue weighted by Gasteiger charge is -2.39. The van der Waals surface area contributed by atoms with Crippen molar-refractivity contribution in [1.29, 1.82) is 0 Å². The van der Waals surface area contributed by atoms with E-state index in [2.05, 4.69) is 12.8 Å². The highest BCUT2D eigenvalue weighted by atomic mass is 16.6. The Morgan fingerprint density at radius 2 is 1.92 bits per heavy atom. The molecule has 0 aromatic heterocycles. The molecule has 140 valence electrons. The number of unbranched alkanes of at least 4 members (excludes halogenated alkanes) is 1. The number of rotatable bonds is 3. The van der Waals surface area contributed by atoms with Crippen LogP contribution in [0.25, 0.3) is 0 Å². The fraction of sp³-hybridized carbons (Fsp3) is 0.800. The molecule has 0 aromatic carbocycles. The molecule has 5 nitrogen and oxygen atoms in total. The highest BCUT2D eigenvalue weighted by Gasteiger charge is 2.46. The molecule has 5 heteroatoms. The Morgan fingerprint density at radius 1 is 1.28 bits per heavy atom. The van der Waals surface area contributed by atoms with Crippen molar-refractivity contribution in [2.75, 3.05) is 19.6 Å². The molecule has 2 fully saturated rings. The zero-order valence-corrected chi connectivity index (χ0v) is 16.1. The van der Waals surface area contributed by atoms with Crippen molar-refractivity contribution in [1.82, 2.24) is 9.80 Å². The maximum Gasteiger partial charge on any atom is 0.410 e. The topological polar surface area (TPSA) is 49.9 Å². The fourth-order valence-electron chi connectivity index (χ4n) is 3.99. The van der Waals surface area contributed by atoms with Crippen LogP contribution in [0.4, 0.5) is 4.79 Å². The summed E-state index contributed by atoms with van der Waals surface area (Å²) in [7, 11) is 0. The van der Waals surface area contributed by atoms with Gasteiger partial charge in [-0.05, 0) is 58.8 Å². The van der Waals surface area contributed by atoms with Gasteiger partial charge in [0.15, 0.2) is 0 Å². The minimum Gasteiger partial charge on any atom is -0.444 e. The molecule has 1 spiro atoms. The number of carbonyl (C=O) groups is 2. The van der Waals surface area contributed by atoms with Crippen molar-refractivity contribution in [2.24, 2.45) is 5.41 Å². The van der Waals surface area contributed by atoms with Gasteiger partial charge in [-0.2, -0.15) is 0 Å². The summed E-state index contributed by atoms with van der Waals surface area (Å²) < 4.78 is 5.47. The Labute approximate surface area is 152 Å².